The molecule has 1 aromatic carbocycles. The zero-order valence-electron chi connectivity index (χ0n) is 10.1. The number of benzene rings is 1. The van der Waals surface area contributed by atoms with Crippen LogP contribution in [-0.2, 0) is 4.79 Å². The van der Waals surface area contributed by atoms with Crippen molar-refractivity contribution >= 4 is 23.6 Å². The van der Waals surface area contributed by atoms with Gasteiger partial charge < -0.3 is 10.2 Å². The molecule has 0 radical (unpaired) electrons. The summed E-state index contributed by atoms with van der Waals surface area (Å²) in [6, 6.07) is 7.06. The number of rotatable bonds is 3. The molecule has 5 nitrogen and oxygen atoms in total. The Morgan fingerprint density at radius 1 is 1.53 bits per heavy atom. The summed E-state index contributed by atoms with van der Waals surface area (Å²) in [7, 11) is 3.70. The maximum atomic E-state index is 10.9. The van der Waals surface area contributed by atoms with Gasteiger partial charge in [-0.3, -0.25) is 4.79 Å². The molecule has 1 N–H and O–H groups in total. The van der Waals surface area contributed by atoms with Crippen molar-refractivity contribution in [3.8, 4) is 6.07 Å². The summed E-state index contributed by atoms with van der Waals surface area (Å²) in [6.45, 7) is 1.42. The number of nitrogens with zero attached hydrogens (tertiary/aromatic N) is 3. The van der Waals surface area contributed by atoms with E-state index < -0.39 is 0 Å². The number of anilines is 1. The van der Waals surface area contributed by atoms with E-state index in [2.05, 4.69) is 10.3 Å². The molecule has 1 rings (SSSR count). The molecule has 0 aliphatic heterocycles. The molecule has 0 unspecified atom stereocenters. The summed E-state index contributed by atoms with van der Waals surface area (Å²) >= 11 is 0. The molecule has 0 heterocycles. The number of carbonyl (C=O) groups is 1. The van der Waals surface area contributed by atoms with Crippen molar-refractivity contribution in [1.29, 1.82) is 5.26 Å². The maximum absolute atomic E-state index is 10.9. The lowest BCUT2D eigenvalue weighted by Crippen LogP contribution is -2.07. The molecule has 0 atom stereocenters. The largest absolute Gasteiger partial charge is 0.369 e. The summed E-state index contributed by atoms with van der Waals surface area (Å²) < 4.78 is 0. The minimum atomic E-state index is -0.168. The van der Waals surface area contributed by atoms with Crippen LogP contribution in [0.4, 0.5) is 11.4 Å². The quantitative estimate of drug-likeness (QED) is 0.635. The summed E-state index contributed by atoms with van der Waals surface area (Å²) in [5.74, 6) is -0.168. The lowest BCUT2D eigenvalue weighted by Gasteiger charge is -2.05. The van der Waals surface area contributed by atoms with E-state index in [0.717, 1.165) is 0 Å². The highest BCUT2D eigenvalue weighted by molar-refractivity contribution is 5.89. The minimum Gasteiger partial charge on any atom is -0.369 e. The van der Waals surface area contributed by atoms with Crippen molar-refractivity contribution < 1.29 is 4.79 Å². The number of aliphatic imine (C=N–C) groups is 1. The van der Waals surface area contributed by atoms with Gasteiger partial charge in [-0.15, -0.1) is 0 Å². The van der Waals surface area contributed by atoms with Gasteiger partial charge in [0, 0.05) is 26.7 Å². The van der Waals surface area contributed by atoms with E-state index in [1.54, 1.807) is 29.4 Å². The molecule has 0 saturated carbocycles. The van der Waals surface area contributed by atoms with Gasteiger partial charge in [0.25, 0.3) is 0 Å². The molecular weight excluding hydrogens is 216 g/mol. The molecule has 0 saturated heterocycles. The molecule has 0 bridgehead atoms. The smallest absolute Gasteiger partial charge is 0.221 e. The second-order valence-electron chi connectivity index (χ2n) is 3.73. The van der Waals surface area contributed by atoms with Crippen LogP contribution >= 0.6 is 0 Å². The van der Waals surface area contributed by atoms with Crippen LogP contribution in [0.15, 0.2) is 23.2 Å². The van der Waals surface area contributed by atoms with Crippen molar-refractivity contribution in [2.75, 3.05) is 19.4 Å². The van der Waals surface area contributed by atoms with Crippen molar-refractivity contribution in [3.05, 3.63) is 23.8 Å². The highest BCUT2D eigenvalue weighted by atomic mass is 16.1. The Morgan fingerprint density at radius 3 is 2.76 bits per heavy atom. The first-order valence-corrected chi connectivity index (χ1v) is 5.05. The first-order chi connectivity index (χ1) is 8.02. The zero-order chi connectivity index (χ0) is 12.8. The lowest BCUT2D eigenvalue weighted by molar-refractivity contribution is -0.114. The highest BCUT2D eigenvalue weighted by Crippen LogP contribution is 2.22. The molecule has 1 amide bonds. The van der Waals surface area contributed by atoms with Crippen LogP contribution in [-0.4, -0.2) is 31.2 Å². The van der Waals surface area contributed by atoms with Gasteiger partial charge in [0.1, 0.15) is 6.07 Å². The fraction of sp³-hybridized carbons (Fsp3) is 0.250. The molecule has 0 fully saturated rings. The zero-order valence-corrected chi connectivity index (χ0v) is 10.1. The van der Waals surface area contributed by atoms with E-state index in [1.165, 1.54) is 6.92 Å². The average Bonchev–Trinajstić information content (AvgIpc) is 2.26. The molecule has 5 heteroatoms. The van der Waals surface area contributed by atoms with E-state index in [0.29, 0.717) is 16.9 Å². The maximum Gasteiger partial charge on any atom is 0.221 e. The Bertz CT molecular complexity index is 486. The first kappa shape index (κ1) is 12.7. The lowest BCUT2D eigenvalue weighted by atomic mass is 10.2. The molecule has 0 aliphatic carbocycles. The van der Waals surface area contributed by atoms with Crippen LogP contribution in [0.25, 0.3) is 0 Å². The third kappa shape index (κ3) is 3.95. The number of hydrogen-bond donors (Lipinski definition) is 1. The van der Waals surface area contributed by atoms with E-state index in [4.69, 9.17) is 5.26 Å². The fourth-order valence-corrected chi connectivity index (χ4v) is 1.20. The Hall–Kier alpha value is -2.35. The van der Waals surface area contributed by atoms with Crippen molar-refractivity contribution in [2.45, 2.75) is 6.92 Å². The molecule has 0 spiro atoms. The molecule has 0 aliphatic rings. The molecule has 1 aromatic rings. The van der Waals surface area contributed by atoms with Gasteiger partial charge in [0.15, 0.2) is 0 Å². The molecule has 0 aromatic heterocycles. The normalized spacial score (nSPS) is 10.0. The van der Waals surface area contributed by atoms with Crippen LogP contribution < -0.4 is 5.32 Å². The summed E-state index contributed by atoms with van der Waals surface area (Å²) in [6.07, 6.45) is 1.62. The Morgan fingerprint density at radius 2 is 2.24 bits per heavy atom. The number of carbonyl (C=O) groups excluding carboxylic acids is 1. The average molecular weight is 230 g/mol. The van der Waals surface area contributed by atoms with Gasteiger partial charge in [0.2, 0.25) is 5.91 Å². The van der Waals surface area contributed by atoms with E-state index in [-0.39, 0.29) is 5.91 Å². The van der Waals surface area contributed by atoms with E-state index in [1.807, 2.05) is 20.2 Å². The van der Waals surface area contributed by atoms with Gasteiger partial charge in [0.05, 0.1) is 17.6 Å². The minimum absolute atomic E-state index is 0.168. The Balaban J connectivity index is 3.02. The van der Waals surface area contributed by atoms with Gasteiger partial charge in [-0.2, -0.15) is 5.26 Å². The number of amides is 1. The van der Waals surface area contributed by atoms with Gasteiger partial charge >= 0.3 is 0 Å². The third-order valence-corrected chi connectivity index (χ3v) is 1.87. The standard InChI is InChI=1S/C12H14N4O/c1-9(17)15-11-4-5-12(10(6-11)7-13)14-8-16(2)3/h4-6,8H,1-3H3,(H,15,17). The predicted octanol–water partition coefficient (Wildman–Crippen LogP) is 1.74. The van der Waals surface area contributed by atoms with Crippen LogP contribution in [0.5, 0.6) is 0 Å². The fourth-order valence-electron chi connectivity index (χ4n) is 1.20. The van der Waals surface area contributed by atoms with Crippen LogP contribution in [0.2, 0.25) is 0 Å². The topological polar surface area (TPSA) is 68.5 Å². The monoisotopic (exact) mass is 230 g/mol. The van der Waals surface area contributed by atoms with Crippen molar-refractivity contribution in [3.63, 3.8) is 0 Å². The Kier molecular flexibility index (Phi) is 4.23. The summed E-state index contributed by atoms with van der Waals surface area (Å²) in [4.78, 5) is 16.8. The van der Waals surface area contributed by atoms with Crippen LogP contribution in [0, 0.1) is 11.3 Å². The van der Waals surface area contributed by atoms with Gasteiger partial charge in [-0.05, 0) is 18.2 Å². The number of nitrogens with one attached hydrogen (secondary N) is 1. The van der Waals surface area contributed by atoms with Crippen molar-refractivity contribution in [2.24, 2.45) is 4.99 Å². The number of nitriles is 1. The second-order valence-corrected chi connectivity index (χ2v) is 3.73. The highest BCUT2D eigenvalue weighted by Gasteiger charge is 2.03. The summed E-state index contributed by atoms with van der Waals surface area (Å²) in [5.41, 5.74) is 1.60. The van der Waals surface area contributed by atoms with Crippen molar-refractivity contribution in [1.82, 2.24) is 4.90 Å². The van der Waals surface area contributed by atoms with Gasteiger partial charge in [-0.1, -0.05) is 0 Å². The SMILES string of the molecule is CC(=O)Nc1ccc(N=CN(C)C)c(C#N)c1. The van der Waals surface area contributed by atoms with Crippen LogP contribution in [0.3, 0.4) is 0 Å². The van der Waals surface area contributed by atoms with Crippen LogP contribution in [0.1, 0.15) is 12.5 Å². The number of hydrogen-bond acceptors (Lipinski definition) is 3. The molecule has 88 valence electrons. The molecule has 17 heavy (non-hydrogen) atoms. The Labute approximate surface area is 100 Å². The first-order valence-electron chi connectivity index (χ1n) is 5.05. The third-order valence-electron chi connectivity index (χ3n) is 1.87. The second kappa shape index (κ2) is 5.66. The van der Waals surface area contributed by atoms with E-state index >= 15 is 0 Å². The van der Waals surface area contributed by atoms with Gasteiger partial charge in [-0.25, -0.2) is 4.99 Å². The predicted molar refractivity (Wildman–Crippen MR) is 67.3 cm³/mol. The van der Waals surface area contributed by atoms with E-state index in [9.17, 15) is 4.79 Å². The molecular formula is C12H14N4O. The summed E-state index contributed by atoms with van der Waals surface area (Å²) in [5, 5.41) is 11.6.